The molecular weight excluding hydrogens is 347 g/mol. The Balaban J connectivity index is 3.07. The van der Waals surface area contributed by atoms with Gasteiger partial charge in [0.2, 0.25) is 0 Å². The van der Waals surface area contributed by atoms with E-state index in [-0.39, 0.29) is 11.5 Å². The fourth-order valence-corrected chi connectivity index (χ4v) is 3.03. The predicted molar refractivity (Wildman–Crippen MR) is 72.9 cm³/mol. The van der Waals surface area contributed by atoms with Crippen LogP contribution in [0.25, 0.3) is 0 Å². The van der Waals surface area contributed by atoms with Crippen LogP contribution in [0.15, 0.2) is 28.0 Å². The number of thioether (sulfide) groups is 1. The summed E-state index contributed by atoms with van der Waals surface area (Å²) in [5.74, 6) is -1.43. The van der Waals surface area contributed by atoms with Crippen molar-refractivity contribution in [1.29, 1.82) is 0 Å². The van der Waals surface area contributed by atoms with Gasteiger partial charge in [-0.05, 0) is 30.8 Å². The van der Waals surface area contributed by atoms with Gasteiger partial charge in [0, 0.05) is 11.0 Å². The second kappa shape index (κ2) is 7.58. The molecule has 0 saturated carbocycles. The summed E-state index contributed by atoms with van der Waals surface area (Å²) in [7, 11) is -2.09. The minimum Gasteiger partial charge on any atom is -0.465 e. The van der Waals surface area contributed by atoms with Crippen LogP contribution in [0.2, 0.25) is 0 Å². The number of hydrogen-bond acceptors (Lipinski definition) is 6. The molecule has 122 valence electrons. The zero-order valence-electron chi connectivity index (χ0n) is 11.1. The van der Waals surface area contributed by atoms with E-state index in [0.717, 1.165) is 12.1 Å². The van der Waals surface area contributed by atoms with Crippen molar-refractivity contribution in [2.75, 3.05) is 12.4 Å². The van der Waals surface area contributed by atoms with Crippen LogP contribution in [0.5, 0.6) is 0 Å². The Morgan fingerprint density at radius 1 is 1.45 bits per heavy atom. The Hall–Kier alpha value is -1.62. The Morgan fingerprint density at radius 2 is 2.09 bits per heavy atom. The molecule has 0 aliphatic rings. The molecule has 0 saturated heterocycles. The molecule has 0 aliphatic carbocycles. The number of halogens is 3. The van der Waals surface area contributed by atoms with Gasteiger partial charge < -0.3 is 4.74 Å². The number of esters is 1. The van der Waals surface area contributed by atoms with E-state index in [1.54, 1.807) is 0 Å². The molecule has 1 aromatic rings. The van der Waals surface area contributed by atoms with Crippen molar-refractivity contribution in [2.24, 2.45) is 0 Å². The second-order valence-electron chi connectivity index (χ2n) is 3.73. The lowest BCUT2D eigenvalue weighted by atomic mass is 10.3. The molecule has 0 bridgehead atoms. The summed E-state index contributed by atoms with van der Waals surface area (Å²) in [5, 5.41) is 10.9. The van der Waals surface area contributed by atoms with Crippen molar-refractivity contribution in [3.8, 4) is 0 Å². The van der Waals surface area contributed by atoms with E-state index in [2.05, 4.69) is 4.74 Å². The SMILES string of the molecule is CCOC(=O)CS(=O)c1ccc(SC(F)(F)F)cc1[N+](=O)[O-]. The van der Waals surface area contributed by atoms with Crippen LogP contribution in [0, 0.1) is 10.1 Å². The highest BCUT2D eigenvalue weighted by Crippen LogP contribution is 2.39. The van der Waals surface area contributed by atoms with Crippen LogP contribution < -0.4 is 0 Å². The van der Waals surface area contributed by atoms with Crippen molar-refractivity contribution in [3.05, 3.63) is 28.3 Å². The largest absolute Gasteiger partial charge is 0.465 e. The van der Waals surface area contributed by atoms with E-state index >= 15 is 0 Å². The third-order valence-corrected chi connectivity index (χ3v) is 4.21. The summed E-state index contributed by atoms with van der Waals surface area (Å²) < 4.78 is 53.3. The van der Waals surface area contributed by atoms with Gasteiger partial charge in [-0.1, -0.05) is 0 Å². The number of carbonyl (C=O) groups is 1. The van der Waals surface area contributed by atoms with Gasteiger partial charge in [0.1, 0.15) is 10.6 Å². The maximum atomic E-state index is 12.3. The van der Waals surface area contributed by atoms with Gasteiger partial charge in [-0.25, -0.2) is 0 Å². The molecule has 22 heavy (non-hydrogen) atoms. The van der Waals surface area contributed by atoms with Gasteiger partial charge in [0.05, 0.1) is 22.3 Å². The number of rotatable bonds is 6. The van der Waals surface area contributed by atoms with E-state index in [9.17, 15) is 32.3 Å². The van der Waals surface area contributed by atoms with Gasteiger partial charge in [0.15, 0.2) is 0 Å². The number of alkyl halides is 3. The molecule has 0 aromatic heterocycles. The first-order chi connectivity index (χ1) is 10.1. The van der Waals surface area contributed by atoms with Gasteiger partial charge >= 0.3 is 11.5 Å². The van der Waals surface area contributed by atoms with E-state index in [4.69, 9.17) is 0 Å². The summed E-state index contributed by atoms with van der Waals surface area (Å²) in [5.41, 5.74) is -5.34. The third kappa shape index (κ3) is 5.64. The van der Waals surface area contributed by atoms with E-state index in [0.29, 0.717) is 6.07 Å². The Kier molecular flexibility index (Phi) is 6.35. The topological polar surface area (TPSA) is 86.5 Å². The van der Waals surface area contributed by atoms with Crippen molar-refractivity contribution >= 4 is 34.2 Å². The average Bonchev–Trinajstić information content (AvgIpc) is 2.36. The molecule has 0 N–H and O–H groups in total. The zero-order chi connectivity index (χ0) is 16.9. The number of nitrogens with zero attached hydrogens (tertiary/aromatic N) is 1. The third-order valence-electron chi connectivity index (χ3n) is 2.16. The van der Waals surface area contributed by atoms with E-state index in [1.807, 2.05) is 0 Å². The van der Waals surface area contributed by atoms with Gasteiger partial charge in [-0.2, -0.15) is 13.2 Å². The van der Waals surface area contributed by atoms with Gasteiger partial charge in [0.25, 0.3) is 5.69 Å². The lowest BCUT2D eigenvalue weighted by Gasteiger charge is -2.07. The fourth-order valence-electron chi connectivity index (χ4n) is 1.42. The lowest BCUT2D eigenvalue weighted by Crippen LogP contribution is -2.15. The molecule has 1 rings (SSSR count). The summed E-state index contributed by atoms with van der Waals surface area (Å²) in [6.07, 6.45) is 0. The summed E-state index contributed by atoms with van der Waals surface area (Å²) in [4.78, 5) is 20.5. The molecule has 11 heteroatoms. The first-order valence-electron chi connectivity index (χ1n) is 5.72. The van der Waals surface area contributed by atoms with E-state index < -0.39 is 55.3 Å². The highest BCUT2D eigenvalue weighted by atomic mass is 32.2. The quantitative estimate of drug-likeness (QED) is 0.337. The molecule has 0 spiro atoms. The normalized spacial score (nSPS) is 12.7. The molecule has 0 fully saturated rings. The first-order valence-corrected chi connectivity index (χ1v) is 7.85. The molecule has 1 aromatic carbocycles. The molecule has 0 heterocycles. The second-order valence-corrected chi connectivity index (χ2v) is 6.29. The maximum absolute atomic E-state index is 12.3. The minimum atomic E-state index is -4.60. The number of carbonyl (C=O) groups excluding carboxylic acids is 1. The van der Waals surface area contributed by atoms with Crippen molar-refractivity contribution in [3.63, 3.8) is 0 Å². The highest BCUT2D eigenvalue weighted by Gasteiger charge is 2.31. The summed E-state index contributed by atoms with van der Waals surface area (Å²) >= 11 is -0.520. The first kappa shape index (κ1) is 18.4. The molecule has 6 nitrogen and oxygen atoms in total. The fraction of sp³-hybridized carbons (Fsp3) is 0.364. The summed E-state index contributed by atoms with van der Waals surface area (Å²) in [6, 6.07) is 2.58. The van der Waals surface area contributed by atoms with Crippen LogP contribution in [-0.4, -0.2) is 33.0 Å². The molecule has 0 amide bonds. The van der Waals surface area contributed by atoms with E-state index in [1.165, 1.54) is 6.92 Å². The number of nitro groups is 1. The Morgan fingerprint density at radius 3 is 2.59 bits per heavy atom. The number of nitro benzene ring substituents is 1. The van der Waals surface area contributed by atoms with Crippen LogP contribution in [0.4, 0.5) is 18.9 Å². The van der Waals surface area contributed by atoms with Crippen LogP contribution in [0.1, 0.15) is 6.92 Å². The Labute approximate surface area is 129 Å². The summed E-state index contributed by atoms with van der Waals surface area (Å²) in [6.45, 7) is 1.59. The zero-order valence-corrected chi connectivity index (χ0v) is 12.7. The molecule has 1 atom stereocenters. The Bertz CT molecular complexity index is 606. The molecular formula is C11H10F3NO5S2. The van der Waals surface area contributed by atoms with Crippen LogP contribution >= 0.6 is 11.8 Å². The molecule has 0 radical (unpaired) electrons. The monoisotopic (exact) mass is 357 g/mol. The average molecular weight is 357 g/mol. The molecule has 1 unspecified atom stereocenters. The van der Waals surface area contributed by atoms with Crippen molar-refractivity contribution < 1.29 is 31.8 Å². The van der Waals surface area contributed by atoms with Crippen molar-refractivity contribution in [1.82, 2.24) is 0 Å². The molecule has 0 aliphatic heterocycles. The van der Waals surface area contributed by atoms with Gasteiger partial charge in [-0.3, -0.25) is 19.1 Å². The smallest absolute Gasteiger partial charge is 0.446 e. The number of benzene rings is 1. The van der Waals surface area contributed by atoms with Crippen molar-refractivity contribution in [2.45, 2.75) is 22.2 Å². The predicted octanol–water partition coefficient (Wildman–Crippen LogP) is 2.88. The van der Waals surface area contributed by atoms with Gasteiger partial charge in [-0.15, -0.1) is 0 Å². The maximum Gasteiger partial charge on any atom is 0.446 e. The minimum absolute atomic E-state index is 0.0548. The number of ether oxygens (including phenoxy) is 1. The standard InChI is InChI=1S/C11H10F3NO5S2/c1-2-20-10(16)6-22(19)9-4-3-7(21-11(12,13)14)5-8(9)15(17)18/h3-5H,2,6H2,1H3. The highest BCUT2D eigenvalue weighted by molar-refractivity contribution is 8.00. The van der Waals surface area contributed by atoms with Crippen LogP contribution in [0.3, 0.4) is 0 Å². The number of hydrogen-bond donors (Lipinski definition) is 0. The lowest BCUT2D eigenvalue weighted by molar-refractivity contribution is -0.388. The van der Waals surface area contributed by atoms with Crippen LogP contribution in [-0.2, 0) is 20.3 Å².